The number of carbonyl (C=O) groups is 1. The van der Waals surface area contributed by atoms with Crippen LogP contribution in [0, 0.1) is 21.4 Å². The molecule has 6 heteroatoms. The van der Waals surface area contributed by atoms with Crippen LogP contribution in [0.15, 0.2) is 12.1 Å². The average molecular weight is 205 g/mol. The van der Waals surface area contributed by atoms with E-state index in [0.717, 1.165) is 13.0 Å². The van der Waals surface area contributed by atoms with Gasteiger partial charge in [-0.3, -0.25) is 14.9 Å². The van der Waals surface area contributed by atoms with E-state index in [1.54, 1.807) is 6.07 Å². The summed E-state index contributed by atoms with van der Waals surface area (Å²) in [7, 11) is 0. The summed E-state index contributed by atoms with van der Waals surface area (Å²) in [5, 5.41) is 19.4. The topological polar surface area (TPSA) is 110 Å². The molecule has 1 rings (SSSR count). The molecule has 0 unspecified atom stereocenters. The molecule has 0 radical (unpaired) electrons. The van der Waals surface area contributed by atoms with E-state index in [4.69, 9.17) is 11.0 Å². The van der Waals surface area contributed by atoms with Crippen molar-refractivity contribution in [3.63, 3.8) is 0 Å². The number of nitrogens with two attached hydrogens (primary N) is 1. The van der Waals surface area contributed by atoms with Crippen LogP contribution < -0.4 is 5.73 Å². The molecule has 0 saturated carbocycles. The van der Waals surface area contributed by atoms with E-state index < -0.39 is 16.4 Å². The van der Waals surface area contributed by atoms with Crippen LogP contribution >= 0.6 is 0 Å². The number of anilines is 1. The number of nitro benzene ring substituents is 1. The Kier molecular flexibility index (Phi) is 2.67. The first-order chi connectivity index (χ1) is 6.99. The Hall–Kier alpha value is -2.42. The zero-order valence-electron chi connectivity index (χ0n) is 7.85. The lowest BCUT2D eigenvalue weighted by atomic mass is 10.0. The first kappa shape index (κ1) is 10.7. The molecule has 76 valence electrons. The van der Waals surface area contributed by atoms with Crippen molar-refractivity contribution >= 4 is 17.2 Å². The number of hydrogen-bond acceptors (Lipinski definition) is 5. The molecule has 0 heterocycles. The molecule has 1 aromatic carbocycles. The summed E-state index contributed by atoms with van der Waals surface area (Å²) in [6.45, 7) is 1.16. The first-order valence-electron chi connectivity index (χ1n) is 3.97. The van der Waals surface area contributed by atoms with Crippen molar-refractivity contribution in [2.75, 3.05) is 5.73 Å². The van der Waals surface area contributed by atoms with Gasteiger partial charge < -0.3 is 5.73 Å². The number of hydrogen-bond donors (Lipinski definition) is 1. The molecule has 6 nitrogen and oxygen atoms in total. The Labute approximate surface area is 85.1 Å². The van der Waals surface area contributed by atoms with E-state index in [1.807, 2.05) is 0 Å². The zero-order valence-corrected chi connectivity index (χ0v) is 7.85. The lowest BCUT2D eigenvalue weighted by Crippen LogP contribution is -2.05. The maximum absolute atomic E-state index is 11.2. The Bertz CT molecular complexity index is 488. The third-order valence-corrected chi connectivity index (χ3v) is 1.88. The van der Waals surface area contributed by atoms with E-state index in [9.17, 15) is 14.9 Å². The Morgan fingerprint density at radius 3 is 2.60 bits per heavy atom. The molecule has 0 saturated heterocycles. The van der Waals surface area contributed by atoms with Crippen LogP contribution in [0.2, 0.25) is 0 Å². The van der Waals surface area contributed by atoms with Crippen molar-refractivity contribution in [1.82, 2.24) is 0 Å². The highest BCUT2D eigenvalue weighted by Gasteiger charge is 2.23. The highest BCUT2D eigenvalue weighted by atomic mass is 16.6. The fourth-order valence-electron chi connectivity index (χ4n) is 1.24. The summed E-state index contributed by atoms with van der Waals surface area (Å²) in [4.78, 5) is 21.1. The van der Waals surface area contributed by atoms with Gasteiger partial charge in [0.25, 0.3) is 5.69 Å². The average Bonchev–Trinajstić information content (AvgIpc) is 2.16. The van der Waals surface area contributed by atoms with Crippen LogP contribution in [-0.4, -0.2) is 10.7 Å². The Morgan fingerprint density at radius 1 is 1.60 bits per heavy atom. The minimum Gasteiger partial charge on any atom is -0.398 e. The van der Waals surface area contributed by atoms with Gasteiger partial charge in [-0.2, -0.15) is 5.26 Å². The summed E-state index contributed by atoms with van der Waals surface area (Å²) in [5.41, 5.74) is 4.73. The molecule has 0 aliphatic heterocycles. The van der Waals surface area contributed by atoms with Gasteiger partial charge in [0.2, 0.25) is 0 Å². The van der Waals surface area contributed by atoms with Crippen molar-refractivity contribution in [1.29, 1.82) is 5.26 Å². The predicted octanol–water partition coefficient (Wildman–Crippen LogP) is 1.25. The molecular formula is C9H7N3O3. The molecule has 0 amide bonds. The molecule has 2 N–H and O–H groups in total. The number of nitro groups is 1. The van der Waals surface area contributed by atoms with Gasteiger partial charge in [-0.25, -0.2) is 0 Å². The molecule has 0 fully saturated rings. The van der Waals surface area contributed by atoms with Gasteiger partial charge >= 0.3 is 0 Å². The Balaban J connectivity index is 3.66. The largest absolute Gasteiger partial charge is 0.398 e. The van der Waals surface area contributed by atoms with Crippen molar-refractivity contribution in [2.45, 2.75) is 6.92 Å². The zero-order chi connectivity index (χ0) is 11.6. The van der Waals surface area contributed by atoms with E-state index in [-0.39, 0.29) is 16.8 Å². The molecular weight excluding hydrogens is 198 g/mol. The van der Waals surface area contributed by atoms with Crippen LogP contribution in [0.3, 0.4) is 0 Å². The normalized spacial score (nSPS) is 9.33. The highest BCUT2D eigenvalue weighted by molar-refractivity contribution is 6.02. The number of benzene rings is 1. The third-order valence-electron chi connectivity index (χ3n) is 1.88. The monoisotopic (exact) mass is 205 g/mol. The third kappa shape index (κ3) is 1.76. The van der Waals surface area contributed by atoms with Crippen LogP contribution in [0.5, 0.6) is 0 Å². The lowest BCUT2D eigenvalue weighted by Gasteiger charge is -2.03. The van der Waals surface area contributed by atoms with E-state index in [1.165, 1.54) is 6.07 Å². The summed E-state index contributed by atoms with van der Waals surface area (Å²) in [5.74, 6) is -0.550. The van der Waals surface area contributed by atoms with Gasteiger partial charge in [-0.05, 0) is 13.0 Å². The van der Waals surface area contributed by atoms with Crippen LogP contribution in [0.25, 0.3) is 0 Å². The molecule has 0 atom stereocenters. The summed E-state index contributed by atoms with van der Waals surface area (Å²) in [6.07, 6.45) is 0. The van der Waals surface area contributed by atoms with Gasteiger partial charge in [0, 0.05) is 6.07 Å². The number of rotatable bonds is 2. The summed E-state index contributed by atoms with van der Waals surface area (Å²) in [6, 6.07) is 4.05. The smallest absolute Gasteiger partial charge is 0.281 e. The van der Waals surface area contributed by atoms with Crippen molar-refractivity contribution in [3.8, 4) is 6.07 Å². The predicted molar refractivity (Wildman–Crippen MR) is 52.2 cm³/mol. The second kappa shape index (κ2) is 3.75. The minimum atomic E-state index is -0.711. The molecule has 15 heavy (non-hydrogen) atoms. The number of Topliss-reactive ketones (excluding diaryl/α,β-unsaturated/α-hetero) is 1. The van der Waals surface area contributed by atoms with Gasteiger partial charge in [0.15, 0.2) is 5.78 Å². The lowest BCUT2D eigenvalue weighted by molar-refractivity contribution is -0.385. The van der Waals surface area contributed by atoms with Gasteiger partial charge in [-0.15, -0.1) is 0 Å². The number of nitrogen functional groups attached to an aromatic ring is 1. The number of ketones is 1. The minimum absolute atomic E-state index is 0.0632. The number of nitrogens with zero attached hydrogens (tertiary/aromatic N) is 2. The van der Waals surface area contributed by atoms with Gasteiger partial charge in [0.1, 0.15) is 11.6 Å². The van der Waals surface area contributed by atoms with Crippen LogP contribution in [-0.2, 0) is 0 Å². The highest BCUT2D eigenvalue weighted by Crippen LogP contribution is 2.26. The number of nitriles is 1. The van der Waals surface area contributed by atoms with E-state index in [2.05, 4.69) is 0 Å². The molecule has 0 spiro atoms. The van der Waals surface area contributed by atoms with Crippen LogP contribution in [0.1, 0.15) is 22.8 Å². The van der Waals surface area contributed by atoms with Crippen molar-refractivity contribution in [3.05, 3.63) is 33.4 Å². The maximum Gasteiger partial charge on any atom is 0.281 e. The van der Waals surface area contributed by atoms with Crippen molar-refractivity contribution < 1.29 is 9.72 Å². The molecule has 0 aliphatic carbocycles. The summed E-state index contributed by atoms with van der Waals surface area (Å²) < 4.78 is 0. The quantitative estimate of drug-likeness (QED) is 0.338. The molecule has 0 aliphatic rings. The standard InChI is InChI=1S/C9H7N3O3/c1-5(13)9-6(4-10)7(11)2-3-8(9)12(14)15/h2-3H,11H2,1H3. The van der Waals surface area contributed by atoms with Gasteiger partial charge in [0.05, 0.1) is 16.2 Å². The molecule has 1 aromatic rings. The SMILES string of the molecule is CC(=O)c1c([N+](=O)[O-])ccc(N)c1C#N. The fourth-order valence-corrected chi connectivity index (χ4v) is 1.24. The van der Waals surface area contributed by atoms with Gasteiger partial charge in [-0.1, -0.05) is 0 Å². The van der Waals surface area contributed by atoms with E-state index >= 15 is 0 Å². The number of carbonyl (C=O) groups excluding carboxylic acids is 1. The molecule has 0 bridgehead atoms. The first-order valence-corrected chi connectivity index (χ1v) is 3.97. The second-order valence-electron chi connectivity index (χ2n) is 2.85. The molecule has 0 aromatic heterocycles. The van der Waals surface area contributed by atoms with Crippen LogP contribution in [0.4, 0.5) is 11.4 Å². The summed E-state index contributed by atoms with van der Waals surface area (Å²) >= 11 is 0. The second-order valence-corrected chi connectivity index (χ2v) is 2.85. The fraction of sp³-hybridized carbons (Fsp3) is 0.111. The van der Waals surface area contributed by atoms with E-state index in [0.29, 0.717) is 0 Å². The Morgan fingerprint density at radius 2 is 2.20 bits per heavy atom. The van der Waals surface area contributed by atoms with Crippen molar-refractivity contribution in [2.24, 2.45) is 0 Å². The maximum atomic E-state index is 11.2.